The van der Waals surface area contributed by atoms with E-state index >= 15 is 4.79 Å². The number of nitrogens with two attached hydrogens (primary N) is 3. The molecule has 1 aromatic heterocycles. The van der Waals surface area contributed by atoms with Gasteiger partial charge < -0.3 is 57.3 Å². The number of carbonyl (C=O) groups is 5. The zero-order chi connectivity index (χ0) is 54.7. The summed E-state index contributed by atoms with van der Waals surface area (Å²) in [5.41, 5.74) is 14.7. The molecular weight excluding hydrogens is 977 g/mol. The van der Waals surface area contributed by atoms with Crippen LogP contribution in [0, 0.1) is 25.2 Å². The maximum Gasteiger partial charge on any atom is 0.274 e. The van der Waals surface area contributed by atoms with Gasteiger partial charge in [-0.2, -0.15) is 13.7 Å². The number of amides is 5. The van der Waals surface area contributed by atoms with Crippen molar-refractivity contribution in [3.8, 4) is 40.1 Å². The summed E-state index contributed by atoms with van der Waals surface area (Å²) in [5, 5.41) is 45.8. The minimum atomic E-state index is -4.29. The third-order valence-electron chi connectivity index (χ3n) is 12.1. The molecule has 5 amide bonds. The molecule has 2 heterocycles. The van der Waals surface area contributed by atoms with Gasteiger partial charge in [-0.1, -0.05) is 57.2 Å². The van der Waals surface area contributed by atoms with Crippen molar-refractivity contribution < 1.29 is 52.1 Å². The molecular formula is C50H66N12O11S. The molecule has 6 atom stereocenters. The van der Waals surface area contributed by atoms with Crippen LogP contribution in [0.4, 0.5) is 0 Å². The Kier molecular flexibility index (Phi) is 19.7. The van der Waals surface area contributed by atoms with E-state index in [4.69, 9.17) is 26.1 Å². The smallest absolute Gasteiger partial charge is 0.274 e. The number of ether oxygens (including phenoxy) is 2. The second-order valence-corrected chi connectivity index (χ2v) is 20.3. The first-order valence-corrected chi connectivity index (χ1v) is 25.3. The van der Waals surface area contributed by atoms with Gasteiger partial charge in [-0.3, -0.25) is 24.0 Å². The number of nitriles is 1. The van der Waals surface area contributed by atoms with Crippen LogP contribution in [-0.2, 0) is 41.2 Å². The number of nitrogens with one attached hydrogen (secondary N) is 5. The van der Waals surface area contributed by atoms with Gasteiger partial charge in [0.25, 0.3) is 16.1 Å². The first-order valence-electron chi connectivity index (χ1n) is 23.7. The van der Waals surface area contributed by atoms with Crippen LogP contribution in [0.2, 0.25) is 0 Å². The Morgan fingerprint density at radius 3 is 2.04 bits per heavy atom. The Hall–Kier alpha value is -7.11. The molecule has 398 valence electrons. The lowest BCUT2D eigenvalue weighted by molar-refractivity contribution is -0.141. The summed E-state index contributed by atoms with van der Waals surface area (Å²) in [6.07, 6.45) is -2.71. The molecule has 74 heavy (non-hydrogen) atoms. The lowest BCUT2D eigenvalue weighted by Crippen LogP contribution is -2.56. The van der Waals surface area contributed by atoms with E-state index in [9.17, 15) is 43.1 Å². The second-order valence-electron chi connectivity index (χ2n) is 18.9. The Morgan fingerprint density at radius 1 is 0.905 bits per heavy atom. The average molecular weight is 1040 g/mol. The molecule has 5 rings (SSSR count). The second kappa shape index (κ2) is 25.2. The number of fused-ring (bicyclic) bond motifs is 5. The highest BCUT2D eigenvalue weighted by molar-refractivity contribution is 7.87. The fourth-order valence-corrected chi connectivity index (χ4v) is 8.40. The number of hydrogen-bond donors (Lipinski definition) is 10. The summed E-state index contributed by atoms with van der Waals surface area (Å²) in [6.45, 7) is 9.15. The summed E-state index contributed by atoms with van der Waals surface area (Å²) in [4.78, 5) is 81.7. The number of carbonyl (C=O) groups excluding carboxylic acids is 5. The number of benzene rings is 3. The van der Waals surface area contributed by atoms with Gasteiger partial charge >= 0.3 is 0 Å². The van der Waals surface area contributed by atoms with Crippen LogP contribution in [0.3, 0.4) is 0 Å². The van der Waals surface area contributed by atoms with Gasteiger partial charge in [-0.05, 0) is 73.6 Å². The number of rotatable bonds is 19. The third-order valence-corrected chi connectivity index (χ3v) is 12.7. The minimum Gasteiger partial charge on any atom is -0.490 e. The maximum atomic E-state index is 15.0. The van der Waals surface area contributed by atoms with Gasteiger partial charge in [0.2, 0.25) is 23.6 Å². The molecule has 4 bridgehead atoms. The van der Waals surface area contributed by atoms with E-state index in [1.807, 2.05) is 30.3 Å². The number of likely N-dealkylation sites (N-methyl/N-ethyl adjacent to an activating group) is 1. The molecule has 13 N–H and O–H groups in total. The molecule has 24 heteroatoms. The lowest BCUT2D eigenvalue weighted by atomic mass is 9.86. The minimum absolute atomic E-state index is 0.0364. The summed E-state index contributed by atoms with van der Waals surface area (Å²) >= 11 is 0. The van der Waals surface area contributed by atoms with Crippen molar-refractivity contribution in [2.24, 2.45) is 16.6 Å². The highest BCUT2D eigenvalue weighted by atomic mass is 32.2. The molecule has 0 saturated heterocycles. The Labute approximate surface area is 430 Å². The van der Waals surface area contributed by atoms with Crippen molar-refractivity contribution in [1.29, 1.82) is 5.26 Å². The van der Waals surface area contributed by atoms with Crippen LogP contribution in [0.25, 0.3) is 22.5 Å². The zero-order valence-corrected chi connectivity index (χ0v) is 43.2. The Bertz CT molecular complexity index is 2830. The fraction of sp³-hybridized carbons (Fsp3) is 0.440. The molecule has 3 unspecified atom stereocenters. The molecule has 3 aromatic carbocycles. The van der Waals surface area contributed by atoms with Gasteiger partial charge in [-0.15, -0.1) is 0 Å². The van der Waals surface area contributed by atoms with Crippen molar-refractivity contribution >= 4 is 39.7 Å². The largest absolute Gasteiger partial charge is 0.490 e. The molecule has 0 saturated carbocycles. The number of aromatic nitrogens is 2. The van der Waals surface area contributed by atoms with Crippen LogP contribution in [-0.4, -0.2) is 140 Å². The van der Waals surface area contributed by atoms with Crippen molar-refractivity contribution in [3.63, 3.8) is 0 Å². The first kappa shape index (κ1) is 57.8. The van der Waals surface area contributed by atoms with Crippen molar-refractivity contribution in [3.05, 3.63) is 94.3 Å². The van der Waals surface area contributed by atoms with Crippen molar-refractivity contribution in [2.45, 2.75) is 96.2 Å². The van der Waals surface area contributed by atoms with Crippen molar-refractivity contribution in [2.75, 3.05) is 46.4 Å². The summed E-state index contributed by atoms with van der Waals surface area (Å²) in [6, 6.07) is 13.0. The van der Waals surface area contributed by atoms with E-state index in [0.717, 1.165) is 10.5 Å². The van der Waals surface area contributed by atoms with E-state index in [1.165, 1.54) is 32.2 Å². The van der Waals surface area contributed by atoms with Crippen LogP contribution in [0.1, 0.15) is 78.6 Å². The normalized spacial score (nSPS) is 17.3. The number of aliphatic hydroxyl groups excluding tert-OH is 2. The molecule has 0 aliphatic carbocycles. The SMILES string of the molecule is Cc1nc(-c2ccc(C(C)(C)C)cc2)nc(C)c1C(=O)NC(CCNS(N)(=O)=O)C(=O)N(C)[C@@H]1C(=O)N[C@@H](C)C(=O)N[C@H](C(=O)NCC#N)Cc2ccc(OCC(O)CN)c(c2)-c2cc1ccc2OCC(O)CN. The molecule has 1 aliphatic heterocycles. The number of hydrogen-bond acceptors (Lipinski definition) is 16. The highest BCUT2D eigenvalue weighted by Crippen LogP contribution is 2.40. The van der Waals surface area contributed by atoms with Gasteiger partial charge in [0.05, 0.1) is 23.0 Å². The molecule has 0 radical (unpaired) electrons. The van der Waals surface area contributed by atoms with Gasteiger partial charge in [-0.25, -0.2) is 19.8 Å². The van der Waals surface area contributed by atoms with Crippen LogP contribution < -0.4 is 52.1 Å². The van der Waals surface area contributed by atoms with Crippen molar-refractivity contribution in [1.82, 2.24) is 40.9 Å². The quantitative estimate of drug-likeness (QED) is 0.0543. The molecule has 4 aromatic rings. The predicted molar refractivity (Wildman–Crippen MR) is 273 cm³/mol. The molecule has 1 aliphatic rings. The van der Waals surface area contributed by atoms with Crippen LogP contribution in [0.5, 0.6) is 11.5 Å². The number of aliphatic hydroxyl groups is 2. The monoisotopic (exact) mass is 1040 g/mol. The lowest BCUT2D eigenvalue weighted by Gasteiger charge is -2.33. The third kappa shape index (κ3) is 15.2. The molecule has 0 spiro atoms. The Balaban J connectivity index is 1.65. The van der Waals surface area contributed by atoms with Crippen LogP contribution in [0.15, 0.2) is 60.7 Å². The first-order chi connectivity index (χ1) is 34.8. The van der Waals surface area contributed by atoms with E-state index in [1.54, 1.807) is 32.0 Å². The topological polar surface area (TPSA) is 369 Å². The van der Waals surface area contributed by atoms with E-state index in [0.29, 0.717) is 17.0 Å². The summed E-state index contributed by atoms with van der Waals surface area (Å²) < 4.78 is 38.4. The zero-order valence-electron chi connectivity index (χ0n) is 42.4. The van der Waals surface area contributed by atoms with E-state index in [-0.39, 0.29) is 96.2 Å². The molecule has 23 nitrogen and oxygen atoms in total. The molecule has 0 fully saturated rings. The summed E-state index contributed by atoms with van der Waals surface area (Å²) in [7, 11) is -3.02. The van der Waals surface area contributed by atoms with Gasteiger partial charge in [0.1, 0.15) is 67.6 Å². The average Bonchev–Trinajstić information content (AvgIpc) is 3.34. The van der Waals surface area contributed by atoms with E-state index < -0.39 is 82.7 Å². The Morgan fingerprint density at radius 2 is 1.49 bits per heavy atom. The number of nitrogens with zero attached hydrogens (tertiary/aromatic N) is 4. The standard InChI is InChI=1S/C50H66N12O11S/c1-27-42(28(2)58-44(57-27)31-9-12-33(13-10-31)50(4,5)6)47(67)60-38(16-18-56-74(54,70)71)49(69)62(7)43-32-11-15-41(73-26-35(64)24-53)37(22-32)36-20-30(8-14-40(36)72-25-34(63)23-52)21-39(46(66)55-19-17-51)61-45(65)29(3)59-48(43)68/h8-15,20,22,29,34-35,38-39,43,56,63-64H,16,18-19,21,23-26,52-53H2,1-7H3,(H,55,66)(H,59,68)(H,60,67)(H,61,65)(H2,54,70,71)/t29-,34?,35?,38?,39-,43-/m0/s1. The highest BCUT2D eigenvalue weighted by Gasteiger charge is 2.37. The fourth-order valence-electron chi connectivity index (χ4n) is 8.00. The summed E-state index contributed by atoms with van der Waals surface area (Å²) in [5.74, 6) is -3.48. The number of aryl methyl sites for hydroxylation is 2. The van der Waals surface area contributed by atoms with E-state index in [2.05, 4.69) is 56.7 Å². The van der Waals surface area contributed by atoms with Crippen LogP contribution >= 0.6 is 0 Å². The maximum absolute atomic E-state index is 15.0. The predicted octanol–water partition coefficient (Wildman–Crippen LogP) is -0.212. The van der Waals surface area contributed by atoms with Gasteiger partial charge in [0, 0.05) is 49.8 Å². The van der Waals surface area contributed by atoms with Gasteiger partial charge in [0.15, 0.2) is 5.82 Å².